The molecule has 1 unspecified atom stereocenters. The number of hydrogen-bond acceptors (Lipinski definition) is 4. The monoisotopic (exact) mass is 290 g/mol. The van der Waals surface area contributed by atoms with Crippen molar-refractivity contribution in [3.63, 3.8) is 0 Å². The van der Waals surface area contributed by atoms with Gasteiger partial charge in [0.25, 0.3) is 0 Å². The van der Waals surface area contributed by atoms with Crippen LogP contribution in [-0.2, 0) is 4.74 Å². The molecule has 1 aromatic heterocycles. The zero-order chi connectivity index (χ0) is 14.0. The van der Waals surface area contributed by atoms with Crippen molar-refractivity contribution in [1.29, 1.82) is 0 Å². The summed E-state index contributed by atoms with van der Waals surface area (Å²) >= 11 is 1.75. The third-order valence-electron chi connectivity index (χ3n) is 4.51. The molecule has 20 heavy (non-hydrogen) atoms. The van der Waals surface area contributed by atoms with Crippen LogP contribution in [0.5, 0.6) is 0 Å². The summed E-state index contributed by atoms with van der Waals surface area (Å²) in [6.45, 7) is 7.25. The van der Waals surface area contributed by atoms with E-state index in [0.717, 1.165) is 43.1 Å². The molecule has 0 aliphatic carbocycles. The van der Waals surface area contributed by atoms with Crippen molar-refractivity contribution in [2.75, 3.05) is 19.7 Å². The largest absolute Gasteiger partial charge is 0.369 e. The first-order valence-corrected chi connectivity index (χ1v) is 8.26. The van der Waals surface area contributed by atoms with E-state index in [1.807, 2.05) is 6.07 Å². The Bertz CT molecular complexity index is 544. The molecule has 1 aromatic carbocycles. The summed E-state index contributed by atoms with van der Waals surface area (Å²) in [6.07, 6.45) is 2.40. The summed E-state index contributed by atoms with van der Waals surface area (Å²) in [5, 5.41) is 4.67. The van der Waals surface area contributed by atoms with Gasteiger partial charge in [-0.15, -0.1) is 11.3 Å². The molecule has 0 bridgehead atoms. The number of fused-ring (bicyclic) bond motifs is 1. The number of benzene rings is 1. The first-order chi connectivity index (χ1) is 9.76. The molecule has 108 valence electrons. The summed E-state index contributed by atoms with van der Waals surface area (Å²) in [6, 6.07) is 8.30. The summed E-state index contributed by atoms with van der Waals surface area (Å²) < 4.78 is 7.44. The van der Waals surface area contributed by atoms with Gasteiger partial charge in [-0.25, -0.2) is 4.98 Å². The Morgan fingerprint density at radius 3 is 2.90 bits per heavy atom. The highest BCUT2D eigenvalue weighted by molar-refractivity contribution is 7.18. The molecule has 1 aliphatic heterocycles. The van der Waals surface area contributed by atoms with Crippen molar-refractivity contribution in [3.05, 3.63) is 29.3 Å². The summed E-state index contributed by atoms with van der Waals surface area (Å²) in [4.78, 5) is 4.73. The van der Waals surface area contributed by atoms with Crippen LogP contribution in [0.1, 0.15) is 37.8 Å². The second-order valence-corrected chi connectivity index (χ2v) is 6.72. The molecule has 2 heterocycles. The van der Waals surface area contributed by atoms with Crippen LogP contribution in [0.2, 0.25) is 0 Å². The van der Waals surface area contributed by atoms with Gasteiger partial charge in [0.15, 0.2) is 0 Å². The molecular formula is C16H22N2OS. The maximum Gasteiger partial charge on any atom is 0.124 e. The first kappa shape index (κ1) is 14.0. The molecular weight excluding hydrogens is 268 g/mol. The number of aromatic nitrogens is 1. The Morgan fingerprint density at radius 2 is 2.15 bits per heavy atom. The lowest BCUT2D eigenvalue weighted by atomic mass is 9.83. The van der Waals surface area contributed by atoms with Crippen LogP contribution in [0.3, 0.4) is 0 Å². The molecule has 4 heteroatoms. The number of hydrogen-bond donors (Lipinski definition) is 1. The third kappa shape index (κ3) is 2.60. The van der Waals surface area contributed by atoms with Gasteiger partial charge in [-0.2, -0.15) is 0 Å². The Kier molecular flexibility index (Phi) is 4.06. The van der Waals surface area contributed by atoms with E-state index in [9.17, 15) is 0 Å². The summed E-state index contributed by atoms with van der Waals surface area (Å²) in [5.74, 6) is 0. The molecule has 0 spiro atoms. The van der Waals surface area contributed by atoms with Crippen LogP contribution in [0.4, 0.5) is 0 Å². The van der Waals surface area contributed by atoms with Crippen molar-refractivity contribution in [3.8, 4) is 0 Å². The van der Waals surface area contributed by atoms with Crippen molar-refractivity contribution in [2.24, 2.45) is 5.41 Å². The first-order valence-electron chi connectivity index (χ1n) is 7.44. The van der Waals surface area contributed by atoms with Gasteiger partial charge in [-0.1, -0.05) is 26.0 Å². The van der Waals surface area contributed by atoms with Gasteiger partial charge in [-0.05, 0) is 25.0 Å². The zero-order valence-electron chi connectivity index (χ0n) is 12.2. The number of para-hydroxylation sites is 1. The molecule has 1 N–H and O–H groups in total. The zero-order valence-corrected chi connectivity index (χ0v) is 13.0. The molecule has 3 nitrogen and oxygen atoms in total. The van der Waals surface area contributed by atoms with E-state index in [-0.39, 0.29) is 11.5 Å². The fourth-order valence-corrected chi connectivity index (χ4v) is 3.76. The lowest BCUT2D eigenvalue weighted by molar-refractivity contribution is 0.0103. The maximum atomic E-state index is 6.20. The van der Waals surface area contributed by atoms with E-state index in [1.165, 1.54) is 4.70 Å². The van der Waals surface area contributed by atoms with Gasteiger partial charge >= 0.3 is 0 Å². The minimum absolute atomic E-state index is 0.0902. The van der Waals surface area contributed by atoms with E-state index < -0.39 is 0 Å². The molecule has 1 aliphatic rings. The SMILES string of the molecule is CCC1(CC)CNCC(c2nc3ccccc3s2)OC1. The van der Waals surface area contributed by atoms with Crippen LogP contribution in [-0.4, -0.2) is 24.7 Å². The average Bonchev–Trinajstić information content (AvgIpc) is 2.80. The third-order valence-corrected chi connectivity index (χ3v) is 5.63. The quantitative estimate of drug-likeness (QED) is 0.934. The second kappa shape index (κ2) is 5.80. The lowest BCUT2D eigenvalue weighted by Crippen LogP contribution is -2.34. The van der Waals surface area contributed by atoms with Crippen molar-refractivity contribution in [2.45, 2.75) is 32.8 Å². The maximum absolute atomic E-state index is 6.20. The minimum atomic E-state index is 0.0902. The van der Waals surface area contributed by atoms with Gasteiger partial charge in [0.2, 0.25) is 0 Å². The van der Waals surface area contributed by atoms with Crippen molar-refractivity contribution in [1.82, 2.24) is 10.3 Å². The van der Waals surface area contributed by atoms with Crippen molar-refractivity contribution < 1.29 is 4.74 Å². The van der Waals surface area contributed by atoms with E-state index in [0.29, 0.717) is 0 Å². The molecule has 3 rings (SSSR count). The lowest BCUT2D eigenvalue weighted by Gasteiger charge is -2.29. The normalized spacial score (nSPS) is 22.8. The highest BCUT2D eigenvalue weighted by Gasteiger charge is 2.32. The highest BCUT2D eigenvalue weighted by Crippen LogP contribution is 2.34. The van der Waals surface area contributed by atoms with E-state index in [1.54, 1.807) is 11.3 Å². The predicted octanol–water partition coefficient (Wildman–Crippen LogP) is 3.76. The Balaban J connectivity index is 1.81. The van der Waals surface area contributed by atoms with Crippen LogP contribution >= 0.6 is 11.3 Å². The van der Waals surface area contributed by atoms with Gasteiger partial charge in [0.05, 0.1) is 16.8 Å². The van der Waals surface area contributed by atoms with Gasteiger partial charge in [0.1, 0.15) is 11.1 Å². The van der Waals surface area contributed by atoms with Crippen LogP contribution < -0.4 is 5.32 Å². The van der Waals surface area contributed by atoms with Gasteiger partial charge in [0, 0.05) is 18.5 Å². The molecule has 2 aromatic rings. The fourth-order valence-electron chi connectivity index (χ4n) is 2.75. The summed E-state index contributed by atoms with van der Waals surface area (Å²) in [7, 11) is 0. The molecule has 0 saturated carbocycles. The molecule has 1 fully saturated rings. The Morgan fingerprint density at radius 1 is 1.35 bits per heavy atom. The topological polar surface area (TPSA) is 34.2 Å². The molecule has 0 radical (unpaired) electrons. The predicted molar refractivity (Wildman–Crippen MR) is 84.2 cm³/mol. The molecule has 1 saturated heterocycles. The molecule has 0 amide bonds. The minimum Gasteiger partial charge on any atom is -0.369 e. The van der Waals surface area contributed by atoms with E-state index >= 15 is 0 Å². The van der Waals surface area contributed by atoms with Crippen molar-refractivity contribution >= 4 is 21.6 Å². The van der Waals surface area contributed by atoms with Crippen LogP contribution in [0, 0.1) is 5.41 Å². The number of nitrogens with zero attached hydrogens (tertiary/aromatic N) is 1. The highest BCUT2D eigenvalue weighted by atomic mass is 32.1. The second-order valence-electron chi connectivity index (χ2n) is 5.66. The Hall–Kier alpha value is -0.970. The van der Waals surface area contributed by atoms with Gasteiger partial charge < -0.3 is 10.1 Å². The average molecular weight is 290 g/mol. The van der Waals surface area contributed by atoms with E-state index in [2.05, 4.69) is 37.4 Å². The van der Waals surface area contributed by atoms with Gasteiger partial charge in [-0.3, -0.25) is 0 Å². The fraction of sp³-hybridized carbons (Fsp3) is 0.562. The summed E-state index contributed by atoms with van der Waals surface area (Å²) in [5.41, 5.74) is 1.36. The van der Waals surface area contributed by atoms with E-state index in [4.69, 9.17) is 9.72 Å². The molecule has 1 atom stereocenters. The number of rotatable bonds is 3. The standard InChI is InChI=1S/C16H22N2OS/c1-3-16(4-2)10-17-9-13(19-11-16)15-18-12-7-5-6-8-14(12)20-15/h5-8,13,17H,3-4,9-11H2,1-2H3. The van der Waals surface area contributed by atoms with Crippen LogP contribution in [0.25, 0.3) is 10.2 Å². The smallest absolute Gasteiger partial charge is 0.124 e. The number of thiazole rings is 1. The Labute approximate surface area is 124 Å². The van der Waals surface area contributed by atoms with Crippen LogP contribution in [0.15, 0.2) is 24.3 Å². The number of nitrogens with one attached hydrogen (secondary N) is 1. The number of ether oxygens (including phenoxy) is 1.